The Hall–Kier alpha value is -3.22. The lowest BCUT2D eigenvalue weighted by molar-refractivity contribution is -0.117. The van der Waals surface area contributed by atoms with Gasteiger partial charge in [0.2, 0.25) is 5.91 Å². The fraction of sp³-hybridized carbons (Fsp3) is 0.222. The van der Waals surface area contributed by atoms with Crippen molar-refractivity contribution < 1.29 is 4.79 Å². The van der Waals surface area contributed by atoms with E-state index in [0.717, 1.165) is 17.7 Å². The van der Waals surface area contributed by atoms with E-state index in [4.69, 9.17) is 5.73 Å². The number of amides is 1. The van der Waals surface area contributed by atoms with Crippen LogP contribution in [0.1, 0.15) is 23.7 Å². The summed E-state index contributed by atoms with van der Waals surface area (Å²) in [5, 5.41) is 0. The van der Waals surface area contributed by atoms with Gasteiger partial charge in [0, 0.05) is 17.5 Å². The van der Waals surface area contributed by atoms with Gasteiger partial charge in [-0.15, -0.1) is 0 Å². The SMILES string of the molecule is CCc1cnc(-c2nc(N)c3c(n2)N(Cc2ccccc2)C(=O)C3)[nH]1. The fourth-order valence-corrected chi connectivity index (χ4v) is 2.93. The number of aromatic amines is 1. The first-order valence-corrected chi connectivity index (χ1v) is 8.20. The lowest BCUT2D eigenvalue weighted by Gasteiger charge is -2.17. The summed E-state index contributed by atoms with van der Waals surface area (Å²) < 4.78 is 0. The summed E-state index contributed by atoms with van der Waals surface area (Å²) in [7, 11) is 0. The Kier molecular flexibility index (Phi) is 3.68. The van der Waals surface area contributed by atoms with E-state index >= 15 is 0 Å². The maximum atomic E-state index is 12.5. The number of aromatic nitrogens is 4. The van der Waals surface area contributed by atoms with Crippen LogP contribution in [0.5, 0.6) is 0 Å². The molecule has 7 nitrogen and oxygen atoms in total. The molecule has 0 bridgehead atoms. The highest BCUT2D eigenvalue weighted by Gasteiger charge is 2.32. The van der Waals surface area contributed by atoms with E-state index in [1.807, 2.05) is 37.3 Å². The van der Waals surface area contributed by atoms with Crippen LogP contribution in [0.25, 0.3) is 11.6 Å². The molecule has 1 amide bonds. The highest BCUT2D eigenvalue weighted by molar-refractivity contribution is 6.01. The second-order valence-electron chi connectivity index (χ2n) is 5.99. The topological polar surface area (TPSA) is 101 Å². The molecular weight excluding hydrogens is 316 g/mol. The summed E-state index contributed by atoms with van der Waals surface area (Å²) in [5.41, 5.74) is 8.81. The second-order valence-corrected chi connectivity index (χ2v) is 5.99. The number of H-pyrrole nitrogens is 1. The van der Waals surface area contributed by atoms with E-state index in [2.05, 4.69) is 19.9 Å². The van der Waals surface area contributed by atoms with Gasteiger partial charge >= 0.3 is 0 Å². The molecule has 0 fully saturated rings. The minimum absolute atomic E-state index is 0.0225. The molecular formula is C18H18N6O. The number of hydrogen-bond donors (Lipinski definition) is 2. The number of imidazole rings is 1. The Morgan fingerprint density at radius 1 is 1.24 bits per heavy atom. The van der Waals surface area contributed by atoms with Crippen molar-refractivity contribution >= 4 is 17.5 Å². The number of hydrogen-bond acceptors (Lipinski definition) is 5. The van der Waals surface area contributed by atoms with Gasteiger partial charge < -0.3 is 10.7 Å². The Bertz CT molecular complexity index is 934. The monoisotopic (exact) mass is 334 g/mol. The molecule has 0 spiro atoms. The summed E-state index contributed by atoms with van der Waals surface area (Å²) >= 11 is 0. The third-order valence-electron chi connectivity index (χ3n) is 4.31. The first-order chi connectivity index (χ1) is 12.2. The molecule has 3 N–H and O–H groups in total. The highest BCUT2D eigenvalue weighted by atomic mass is 16.2. The number of aryl methyl sites for hydroxylation is 1. The van der Waals surface area contributed by atoms with Gasteiger partial charge in [-0.2, -0.15) is 0 Å². The van der Waals surface area contributed by atoms with Gasteiger partial charge in [-0.1, -0.05) is 37.3 Å². The maximum absolute atomic E-state index is 12.5. The number of fused-ring (bicyclic) bond motifs is 1. The molecule has 0 saturated heterocycles. The molecule has 0 atom stereocenters. The largest absolute Gasteiger partial charge is 0.383 e. The Morgan fingerprint density at radius 3 is 2.76 bits per heavy atom. The molecule has 3 heterocycles. The summed E-state index contributed by atoms with van der Waals surface area (Å²) in [6.07, 6.45) is 2.83. The molecule has 1 aromatic carbocycles. The first kappa shape index (κ1) is 15.3. The minimum Gasteiger partial charge on any atom is -0.383 e. The molecule has 126 valence electrons. The van der Waals surface area contributed by atoms with Gasteiger partial charge in [-0.05, 0) is 12.0 Å². The van der Waals surface area contributed by atoms with Gasteiger partial charge in [0.1, 0.15) is 11.6 Å². The van der Waals surface area contributed by atoms with Crippen LogP contribution in [0.4, 0.5) is 11.6 Å². The fourth-order valence-electron chi connectivity index (χ4n) is 2.93. The summed E-state index contributed by atoms with van der Waals surface area (Å²) in [6.45, 7) is 2.50. The number of nitrogen functional groups attached to an aromatic ring is 1. The van der Waals surface area contributed by atoms with Crippen molar-refractivity contribution in [3.05, 3.63) is 53.3 Å². The van der Waals surface area contributed by atoms with Crippen LogP contribution < -0.4 is 10.6 Å². The standard InChI is InChI=1S/C18H18N6O/c1-2-12-9-20-16(21-12)17-22-15(19)13-8-14(25)24(18(13)23-17)10-11-6-4-3-5-7-11/h3-7,9H,2,8,10H2,1H3,(H,20,21)(H2,19,22,23). The van der Waals surface area contributed by atoms with Crippen molar-refractivity contribution in [1.82, 2.24) is 19.9 Å². The molecule has 2 aromatic heterocycles. The van der Waals surface area contributed by atoms with Crippen LogP contribution in [0.3, 0.4) is 0 Å². The van der Waals surface area contributed by atoms with Crippen molar-refractivity contribution in [2.24, 2.45) is 0 Å². The van der Waals surface area contributed by atoms with Gasteiger partial charge in [0.05, 0.1) is 13.0 Å². The molecule has 1 aliphatic rings. The number of nitrogens with one attached hydrogen (secondary N) is 1. The summed E-state index contributed by atoms with van der Waals surface area (Å²) in [6, 6.07) is 9.81. The molecule has 0 aliphatic carbocycles. The molecule has 3 aromatic rings. The van der Waals surface area contributed by atoms with Crippen LogP contribution in [0, 0.1) is 0 Å². The van der Waals surface area contributed by atoms with Crippen LogP contribution in [-0.2, 0) is 24.2 Å². The predicted octanol–water partition coefficient (Wildman–Crippen LogP) is 2.10. The maximum Gasteiger partial charge on any atom is 0.233 e. The number of anilines is 2. The number of rotatable bonds is 4. The van der Waals surface area contributed by atoms with Gasteiger partial charge in [0.15, 0.2) is 11.6 Å². The predicted molar refractivity (Wildman–Crippen MR) is 94.7 cm³/mol. The van der Waals surface area contributed by atoms with Crippen LogP contribution in [0.15, 0.2) is 36.5 Å². The van der Waals surface area contributed by atoms with Crippen molar-refractivity contribution in [2.75, 3.05) is 10.6 Å². The lowest BCUT2D eigenvalue weighted by Crippen LogP contribution is -2.26. The second kappa shape index (κ2) is 6.01. The van der Waals surface area contributed by atoms with Gasteiger partial charge in [0.25, 0.3) is 0 Å². The van der Waals surface area contributed by atoms with Crippen molar-refractivity contribution in [3.63, 3.8) is 0 Å². The highest BCUT2D eigenvalue weighted by Crippen LogP contribution is 2.33. The number of carbonyl (C=O) groups excluding carboxylic acids is 1. The van der Waals surface area contributed by atoms with E-state index in [1.54, 1.807) is 11.1 Å². The average molecular weight is 334 g/mol. The average Bonchev–Trinajstić information content (AvgIpc) is 3.22. The number of nitrogens with two attached hydrogens (primary N) is 1. The Morgan fingerprint density at radius 2 is 2.04 bits per heavy atom. The number of nitrogens with zero attached hydrogens (tertiary/aromatic N) is 4. The van der Waals surface area contributed by atoms with E-state index in [9.17, 15) is 4.79 Å². The van der Waals surface area contributed by atoms with E-state index in [0.29, 0.717) is 35.4 Å². The molecule has 1 aliphatic heterocycles. The lowest BCUT2D eigenvalue weighted by atomic mass is 10.2. The Balaban J connectivity index is 1.74. The number of carbonyl (C=O) groups is 1. The zero-order valence-corrected chi connectivity index (χ0v) is 13.9. The normalized spacial score (nSPS) is 13.3. The van der Waals surface area contributed by atoms with Crippen LogP contribution >= 0.6 is 0 Å². The minimum atomic E-state index is -0.0225. The smallest absolute Gasteiger partial charge is 0.233 e. The van der Waals surface area contributed by atoms with Crippen molar-refractivity contribution in [2.45, 2.75) is 26.3 Å². The molecule has 0 saturated carbocycles. The zero-order valence-electron chi connectivity index (χ0n) is 13.9. The Labute approximate surface area is 144 Å². The van der Waals surface area contributed by atoms with Crippen LogP contribution in [0.2, 0.25) is 0 Å². The zero-order chi connectivity index (χ0) is 17.4. The van der Waals surface area contributed by atoms with Gasteiger partial charge in [-0.25, -0.2) is 15.0 Å². The van der Waals surface area contributed by atoms with Crippen molar-refractivity contribution in [3.8, 4) is 11.6 Å². The summed E-state index contributed by atoms with van der Waals surface area (Å²) in [4.78, 5) is 30.5. The molecule has 4 rings (SSSR count). The first-order valence-electron chi connectivity index (χ1n) is 8.20. The molecule has 0 unspecified atom stereocenters. The van der Waals surface area contributed by atoms with Crippen molar-refractivity contribution in [1.29, 1.82) is 0 Å². The van der Waals surface area contributed by atoms with E-state index in [-0.39, 0.29) is 12.3 Å². The molecule has 0 radical (unpaired) electrons. The van der Waals surface area contributed by atoms with Crippen LogP contribution in [-0.4, -0.2) is 25.8 Å². The summed E-state index contributed by atoms with van der Waals surface area (Å²) in [5.74, 6) is 1.85. The number of benzene rings is 1. The van der Waals surface area contributed by atoms with Gasteiger partial charge in [-0.3, -0.25) is 9.69 Å². The third-order valence-corrected chi connectivity index (χ3v) is 4.31. The quantitative estimate of drug-likeness (QED) is 0.761. The molecule has 25 heavy (non-hydrogen) atoms. The molecule has 7 heteroatoms. The van der Waals surface area contributed by atoms with E-state index in [1.165, 1.54) is 0 Å². The third kappa shape index (κ3) is 2.73. The van der Waals surface area contributed by atoms with E-state index < -0.39 is 0 Å².